The molecule has 0 heterocycles. The first-order chi connectivity index (χ1) is 12.5. The Hall–Kier alpha value is -2.75. The molecule has 138 valence electrons. The first-order valence-electron chi connectivity index (χ1n) is 8.87. The van der Waals surface area contributed by atoms with Gasteiger partial charge in [-0.25, -0.2) is 0 Å². The lowest BCUT2D eigenvalue weighted by molar-refractivity contribution is -0.117. The van der Waals surface area contributed by atoms with Gasteiger partial charge < -0.3 is 14.8 Å². The molecule has 0 fully saturated rings. The van der Waals surface area contributed by atoms with Crippen molar-refractivity contribution >= 4 is 12.0 Å². The van der Waals surface area contributed by atoms with Crippen molar-refractivity contribution in [2.75, 3.05) is 7.11 Å². The second-order valence-electron chi connectivity index (χ2n) is 6.28. The summed E-state index contributed by atoms with van der Waals surface area (Å²) in [6, 6.07) is 13.9. The average Bonchev–Trinajstić information content (AvgIpc) is 2.65. The third-order valence-electron chi connectivity index (χ3n) is 4.26. The molecule has 2 aromatic rings. The van der Waals surface area contributed by atoms with Crippen molar-refractivity contribution in [2.45, 2.75) is 39.8 Å². The second-order valence-corrected chi connectivity index (χ2v) is 6.28. The smallest absolute Gasteiger partial charge is 0.244 e. The molecule has 26 heavy (non-hydrogen) atoms. The fourth-order valence-electron chi connectivity index (χ4n) is 2.40. The van der Waals surface area contributed by atoms with Crippen molar-refractivity contribution in [3.8, 4) is 11.5 Å². The molecule has 0 aliphatic heterocycles. The first kappa shape index (κ1) is 19.6. The van der Waals surface area contributed by atoms with Crippen LogP contribution in [-0.4, -0.2) is 19.1 Å². The van der Waals surface area contributed by atoms with Crippen molar-refractivity contribution in [3.05, 3.63) is 65.2 Å². The Morgan fingerprint density at radius 1 is 1.19 bits per heavy atom. The number of carbonyl (C=O) groups is 1. The number of aryl methyl sites for hydroxylation is 1. The topological polar surface area (TPSA) is 47.6 Å². The standard InChI is InChI=1S/C22H27NO3/c1-5-17(3)23-22(24)13-11-18-10-12-20(21(14-18)25-4)26-15-19-9-7-6-8-16(19)2/h6-14,17H,5,15H2,1-4H3,(H,23,24)/b13-11+. The van der Waals surface area contributed by atoms with E-state index in [1.807, 2.05) is 44.2 Å². The predicted octanol–water partition coefficient (Wildman–Crippen LogP) is 4.51. The summed E-state index contributed by atoms with van der Waals surface area (Å²) in [6.07, 6.45) is 4.21. The fourth-order valence-corrected chi connectivity index (χ4v) is 2.40. The lowest BCUT2D eigenvalue weighted by Crippen LogP contribution is -2.30. The number of ether oxygens (including phenoxy) is 2. The summed E-state index contributed by atoms with van der Waals surface area (Å²) in [6.45, 7) is 6.56. The molecule has 0 saturated carbocycles. The summed E-state index contributed by atoms with van der Waals surface area (Å²) >= 11 is 0. The van der Waals surface area contributed by atoms with Crippen LogP contribution >= 0.6 is 0 Å². The molecule has 1 amide bonds. The Balaban J connectivity index is 2.05. The normalized spacial score (nSPS) is 12.0. The van der Waals surface area contributed by atoms with E-state index in [0.717, 1.165) is 17.5 Å². The number of benzene rings is 2. The zero-order chi connectivity index (χ0) is 18.9. The maximum Gasteiger partial charge on any atom is 0.244 e. The summed E-state index contributed by atoms with van der Waals surface area (Å²) in [5.74, 6) is 1.22. The zero-order valence-corrected chi connectivity index (χ0v) is 15.9. The van der Waals surface area contributed by atoms with Gasteiger partial charge in [0.25, 0.3) is 0 Å². The van der Waals surface area contributed by atoms with E-state index in [9.17, 15) is 4.79 Å². The van der Waals surface area contributed by atoms with Crippen LogP contribution in [0.5, 0.6) is 11.5 Å². The average molecular weight is 353 g/mol. The second kappa shape index (κ2) is 9.66. The lowest BCUT2D eigenvalue weighted by Gasteiger charge is -2.12. The largest absolute Gasteiger partial charge is 0.493 e. The molecule has 2 rings (SSSR count). The van der Waals surface area contributed by atoms with Crippen LogP contribution in [0.4, 0.5) is 0 Å². The van der Waals surface area contributed by atoms with Gasteiger partial charge in [-0.05, 0) is 55.2 Å². The van der Waals surface area contributed by atoms with E-state index < -0.39 is 0 Å². The molecule has 0 aliphatic carbocycles. The molecule has 1 atom stereocenters. The summed E-state index contributed by atoms with van der Waals surface area (Å²) in [5.41, 5.74) is 3.21. The SMILES string of the molecule is CCC(C)NC(=O)/C=C/c1ccc(OCc2ccccc2C)c(OC)c1. The highest BCUT2D eigenvalue weighted by Crippen LogP contribution is 2.29. The van der Waals surface area contributed by atoms with Crippen LogP contribution in [-0.2, 0) is 11.4 Å². The highest BCUT2D eigenvalue weighted by molar-refractivity contribution is 5.91. The Labute approximate surface area is 155 Å². The Morgan fingerprint density at radius 3 is 2.65 bits per heavy atom. The molecule has 0 bridgehead atoms. The molecule has 0 aliphatic rings. The number of methoxy groups -OCH3 is 1. The lowest BCUT2D eigenvalue weighted by atomic mass is 10.1. The van der Waals surface area contributed by atoms with E-state index in [0.29, 0.717) is 18.1 Å². The van der Waals surface area contributed by atoms with Crippen LogP contribution in [0.2, 0.25) is 0 Å². The molecule has 2 aromatic carbocycles. The van der Waals surface area contributed by atoms with Crippen LogP contribution in [0.25, 0.3) is 6.08 Å². The third kappa shape index (κ3) is 5.66. The minimum absolute atomic E-state index is 0.0989. The highest BCUT2D eigenvalue weighted by Gasteiger charge is 2.07. The number of amides is 1. The zero-order valence-electron chi connectivity index (χ0n) is 15.9. The summed E-state index contributed by atoms with van der Waals surface area (Å²) < 4.78 is 11.3. The number of hydrogen-bond donors (Lipinski definition) is 1. The number of hydrogen-bond acceptors (Lipinski definition) is 3. The van der Waals surface area contributed by atoms with E-state index in [4.69, 9.17) is 9.47 Å². The van der Waals surface area contributed by atoms with Crippen molar-refractivity contribution in [3.63, 3.8) is 0 Å². The van der Waals surface area contributed by atoms with Crippen LogP contribution in [0.15, 0.2) is 48.5 Å². The molecule has 0 saturated heterocycles. The van der Waals surface area contributed by atoms with Crippen molar-refractivity contribution in [1.29, 1.82) is 0 Å². The summed E-state index contributed by atoms with van der Waals surface area (Å²) in [7, 11) is 1.61. The van der Waals surface area contributed by atoms with Gasteiger partial charge in [0.1, 0.15) is 6.61 Å². The van der Waals surface area contributed by atoms with Crippen LogP contribution in [0, 0.1) is 6.92 Å². The van der Waals surface area contributed by atoms with Crippen molar-refractivity contribution in [2.24, 2.45) is 0 Å². The van der Waals surface area contributed by atoms with Crippen LogP contribution < -0.4 is 14.8 Å². The predicted molar refractivity (Wildman–Crippen MR) is 105 cm³/mol. The van der Waals surface area contributed by atoms with Crippen molar-refractivity contribution in [1.82, 2.24) is 5.32 Å². The van der Waals surface area contributed by atoms with E-state index in [1.54, 1.807) is 13.2 Å². The third-order valence-corrected chi connectivity index (χ3v) is 4.26. The fraction of sp³-hybridized carbons (Fsp3) is 0.318. The maximum absolute atomic E-state index is 11.8. The van der Waals surface area contributed by atoms with Gasteiger partial charge in [0.15, 0.2) is 11.5 Å². The van der Waals surface area contributed by atoms with Gasteiger partial charge in [0.05, 0.1) is 7.11 Å². The molecular weight excluding hydrogens is 326 g/mol. The van der Waals surface area contributed by atoms with Gasteiger partial charge in [0, 0.05) is 12.1 Å². The minimum Gasteiger partial charge on any atom is -0.493 e. The van der Waals surface area contributed by atoms with Gasteiger partial charge in [-0.3, -0.25) is 4.79 Å². The molecule has 4 nitrogen and oxygen atoms in total. The van der Waals surface area contributed by atoms with E-state index in [2.05, 4.69) is 24.4 Å². The Kier molecular flexibility index (Phi) is 7.27. The van der Waals surface area contributed by atoms with E-state index in [1.165, 1.54) is 11.6 Å². The Morgan fingerprint density at radius 2 is 1.96 bits per heavy atom. The summed E-state index contributed by atoms with van der Waals surface area (Å²) in [5, 5.41) is 2.90. The van der Waals surface area contributed by atoms with Gasteiger partial charge >= 0.3 is 0 Å². The maximum atomic E-state index is 11.8. The van der Waals surface area contributed by atoms with Crippen molar-refractivity contribution < 1.29 is 14.3 Å². The molecule has 0 aromatic heterocycles. The van der Waals surface area contributed by atoms with Gasteiger partial charge in [-0.1, -0.05) is 37.3 Å². The minimum atomic E-state index is -0.0989. The van der Waals surface area contributed by atoms with Gasteiger partial charge in [-0.15, -0.1) is 0 Å². The summed E-state index contributed by atoms with van der Waals surface area (Å²) in [4.78, 5) is 11.8. The first-order valence-corrected chi connectivity index (χ1v) is 8.87. The Bertz CT molecular complexity index is 768. The quantitative estimate of drug-likeness (QED) is 0.710. The molecular formula is C22H27NO3. The van der Waals surface area contributed by atoms with Crippen LogP contribution in [0.3, 0.4) is 0 Å². The van der Waals surface area contributed by atoms with Gasteiger partial charge in [-0.2, -0.15) is 0 Å². The van der Waals surface area contributed by atoms with Gasteiger partial charge in [0.2, 0.25) is 5.91 Å². The molecule has 1 unspecified atom stereocenters. The molecule has 1 N–H and O–H groups in total. The van der Waals surface area contributed by atoms with Crippen LogP contribution in [0.1, 0.15) is 37.0 Å². The molecule has 4 heteroatoms. The molecule has 0 spiro atoms. The van der Waals surface area contributed by atoms with E-state index in [-0.39, 0.29) is 11.9 Å². The number of carbonyl (C=O) groups excluding carboxylic acids is 1. The number of nitrogens with one attached hydrogen (secondary N) is 1. The highest BCUT2D eigenvalue weighted by atomic mass is 16.5. The molecule has 0 radical (unpaired) electrons. The number of rotatable bonds is 8. The monoisotopic (exact) mass is 353 g/mol. The van der Waals surface area contributed by atoms with E-state index >= 15 is 0 Å².